The molecule has 5 aromatic rings. The van der Waals surface area contributed by atoms with Crippen LogP contribution in [0, 0.1) is 0 Å². The van der Waals surface area contributed by atoms with Crippen molar-refractivity contribution in [2.75, 3.05) is 5.75 Å². The molecule has 266 valence electrons. The largest absolute Gasteiger partial charge is 0.445 e. The molecule has 3 amide bonds. The van der Waals surface area contributed by atoms with Crippen LogP contribution in [-0.4, -0.2) is 61.0 Å². The number of amides is 3. The molecule has 0 bridgehead atoms. The monoisotopic (exact) mass is 719 g/mol. The molecule has 2 fully saturated rings. The summed E-state index contributed by atoms with van der Waals surface area (Å²) in [5.74, 6) is -0.202. The van der Waals surface area contributed by atoms with Crippen LogP contribution in [-0.2, 0) is 43.6 Å². The first-order valence-corrected chi connectivity index (χ1v) is 17.9. The van der Waals surface area contributed by atoms with Crippen LogP contribution in [0.15, 0.2) is 115 Å². The van der Waals surface area contributed by atoms with E-state index >= 15 is 0 Å². The number of H-pyrrole nitrogens is 1. The van der Waals surface area contributed by atoms with E-state index in [4.69, 9.17) is 14.2 Å². The van der Waals surface area contributed by atoms with Crippen molar-refractivity contribution in [3.05, 3.63) is 137 Å². The molecule has 4 atom stereocenters. The zero-order chi connectivity index (χ0) is 35.9. The highest BCUT2D eigenvalue weighted by Crippen LogP contribution is 2.40. The molecule has 3 N–H and O–H groups in total. The Hall–Kier alpha value is -5.34. The Morgan fingerprint density at radius 3 is 2.42 bits per heavy atom. The van der Waals surface area contributed by atoms with Crippen LogP contribution >= 0.6 is 11.8 Å². The predicted octanol–water partition coefficient (Wildman–Crippen LogP) is 5.86. The maximum atomic E-state index is 13.3. The zero-order valence-electron chi connectivity index (χ0n) is 28.1. The number of imide groups is 1. The van der Waals surface area contributed by atoms with Gasteiger partial charge in [0.25, 0.3) is 5.91 Å². The second kappa shape index (κ2) is 16.3. The Morgan fingerprint density at radius 1 is 0.923 bits per heavy atom. The summed E-state index contributed by atoms with van der Waals surface area (Å²) < 4.78 is 18.2. The summed E-state index contributed by atoms with van der Waals surface area (Å²) in [6.45, 7) is 0.0837. The minimum atomic E-state index is -0.993. The number of rotatable bonds is 12. The number of aromatic nitrogens is 3. The number of hydrogen-bond donors (Lipinski definition) is 3. The van der Waals surface area contributed by atoms with Gasteiger partial charge in [-0.05, 0) is 33.4 Å². The highest BCUT2D eigenvalue weighted by Gasteiger charge is 2.40. The summed E-state index contributed by atoms with van der Waals surface area (Å²) >= 11 is 1.53. The molecule has 0 spiro atoms. The molecule has 13 heteroatoms. The molecule has 0 radical (unpaired) electrons. The Bertz CT molecular complexity index is 1980. The quantitative estimate of drug-likeness (QED) is 0.106. The molecule has 12 nitrogen and oxygen atoms in total. The molecule has 2 aliphatic rings. The fraction of sp³-hybridized carbons (Fsp3) is 0.256. The number of aromatic amines is 1. The zero-order valence-corrected chi connectivity index (χ0v) is 28.9. The summed E-state index contributed by atoms with van der Waals surface area (Å²) in [6.07, 6.45) is 0.216. The van der Waals surface area contributed by atoms with Crippen molar-refractivity contribution in [2.45, 2.75) is 62.3 Å². The number of nitrogens with one attached hydrogen (secondary N) is 2. The van der Waals surface area contributed by atoms with E-state index in [2.05, 4.69) is 20.5 Å². The van der Waals surface area contributed by atoms with Crippen molar-refractivity contribution in [1.29, 1.82) is 0 Å². The highest BCUT2D eigenvalue weighted by molar-refractivity contribution is 7.99. The third kappa shape index (κ3) is 8.40. The van der Waals surface area contributed by atoms with Gasteiger partial charge in [-0.1, -0.05) is 115 Å². The van der Waals surface area contributed by atoms with Gasteiger partial charge < -0.3 is 24.6 Å². The van der Waals surface area contributed by atoms with E-state index in [1.807, 2.05) is 103 Å². The van der Waals surface area contributed by atoms with Gasteiger partial charge in [-0.2, -0.15) is 5.10 Å². The number of aliphatic hydroxyl groups is 1. The van der Waals surface area contributed by atoms with Gasteiger partial charge in [0.2, 0.25) is 5.91 Å². The number of ether oxygens (including phenoxy) is 3. The number of carbonyl (C=O) groups excluding carboxylic acids is 3. The second-order valence-electron chi connectivity index (χ2n) is 12.5. The molecule has 0 aliphatic carbocycles. The smallest absolute Gasteiger partial charge is 0.408 e. The highest BCUT2D eigenvalue weighted by atomic mass is 32.2. The average Bonchev–Trinajstić information content (AvgIpc) is 3.81. The third-order valence-electron chi connectivity index (χ3n) is 9.00. The van der Waals surface area contributed by atoms with Crippen molar-refractivity contribution in [2.24, 2.45) is 0 Å². The fourth-order valence-corrected chi connectivity index (χ4v) is 7.05. The maximum Gasteiger partial charge on any atom is 0.408 e. The minimum Gasteiger partial charge on any atom is -0.445 e. The lowest BCUT2D eigenvalue weighted by Crippen LogP contribution is -2.41. The van der Waals surface area contributed by atoms with E-state index in [0.29, 0.717) is 17.3 Å². The second-order valence-corrected chi connectivity index (χ2v) is 13.5. The van der Waals surface area contributed by atoms with Crippen LogP contribution in [0.2, 0.25) is 0 Å². The Morgan fingerprint density at radius 2 is 1.67 bits per heavy atom. The third-order valence-corrected chi connectivity index (χ3v) is 10.0. The van der Waals surface area contributed by atoms with Crippen LogP contribution in [0.5, 0.6) is 0 Å². The number of alkyl carbamates (subject to hydrolysis) is 1. The normalized spacial score (nSPS) is 20.2. The van der Waals surface area contributed by atoms with Crippen molar-refractivity contribution in [3.8, 4) is 11.1 Å². The molecular weight excluding hydrogens is 683 g/mol. The molecule has 3 heterocycles. The van der Waals surface area contributed by atoms with Gasteiger partial charge in [-0.25, -0.2) is 9.78 Å². The summed E-state index contributed by atoms with van der Waals surface area (Å²) in [6, 6.07) is 31.4. The molecule has 2 aliphatic heterocycles. The van der Waals surface area contributed by atoms with Crippen LogP contribution in [0.4, 0.5) is 4.79 Å². The summed E-state index contributed by atoms with van der Waals surface area (Å²) in [7, 11) is 0. The van der Waals surface area contributed by atoms with Crippen LogP contribution in [0.1, 0.15) is 53.1 Å². The molecule has 1 aromatic heterocycles. The SMILES string of the molecule is O=C(NC1CC(=O)N(Cc2ccccc2-c2ccc([C@H]3O[C@@H](CSc4ncn[nH]4)C[C@@H](c4ccc(CO)cc4)O3)cc2)C1=O)OCc1ccccc1. The summed E-state index contributed by atoms with van der Waals surface area (Å²) in [4.78, 5) is 44.1. The molecule has 0 saturated carbocycles. The van der Waals surface area contributed by atoms with E-state index in [1.54, 1.807) is 0 Å². The summed E-state index contributed by atoms with van der Waals surface area (Å²) in [5.41, 5.74) is 6.01. The van der Waals surface area contributed by atoms with Gasteiger partial charge in [0.05, 0.1) is 31.8 Å². The van der Waals surface area contributed by atoms with Gasteiger partial charge in [0.15, 0.2) is 11.4 Å². The Kier molecular flexibility index (Phi) is 11.0. The number of aliphatic hydroxyl groups excluding tert-OH is 1. The lowest BCUT2D eigenvalue weighted by Gasteiger charge is -2.36. The predicted molar refractivity (Wildman–Crippen MR) is 191 cm³/mol. The molecule has 2 saturated heterocycles. The first kappa shape index (κ1) is 35.1. The number of benzene rings is 4. The van der Waals surface area contributed by atoms with Crippen molar-refractivity contribution < 1.29 is 33.7 Å². The fourth-order valence-electron chi connectivity index (χ4n) is 6.26. The minimum absolute atomic E-state index is 0.0299. The van der Waals surface area contributed by atoms with Gasteiger partial charge in [0.1, 0.15) is 19.0 Å². The molecular formula is C39H37N5O7S. The van der Waals surface area contributed by atoms with Crippen LogP contribution in [0.3, 0.4) is 0 Å². The average molecular weight is 720 g/mol. The first-order chi connectivity index (χ1) is 25.4. The van der Waals surface area contributed by atoms with E-state index in [0.717, 1.165) is 38.9 Å². The number of nitrogens with zero attached hydrogens (tertiary/aromatic N) is 3. The van der Waals surface area contributed by atoms with E-state index in [9.17, 15) is 19.5 Å². The van der Waals surface area contributed by atoms with Crippen LogP contribution < -0.4 is 5.32 Å². The Labute approximate surface area is 304 Å². The molecule has 52 heavy (non-hydrogen) atoms. The van der Waals surface area contributed by atoms with Crippen molar-refractivity contribution >= 4 is 29.7 Å². The summed E-state index contributed by atoms with van der Waals surface area (Å²) in [5, 5.41) is 19.6. The van der Waals surface area contributed by atoms with E-state index in [1.165, 1.54) is 23.0 Å². The van der Waals surface area contributed by atoms with Crippen molar-refractivity contribution in [3.63, 3.8) is 0 Å². The molecule has 7 rings (SSSR count). The Balaban J connectivity index is 1.03. The van der Waals surface area contributed by atoms with E-state index < -0.39 is 24.3 Å². The first-order valence-electron chi connectivity index (χ1n) is 16.9. The van der Waals surface area contributed by atoms with E-state index in [-0.39, 0.29) is 44.3 Å². The van der Waals surface area contributed by atoms with Gasteiger partial charge in [-0.3, -0.25) is 19.6 Å². The number of hydrogen-bond acceptors (Lipinski definition) is 10. The maximum absolute atomic E-state index is 13.3. The van der Waals surface area contributed by atoms with Crippen LogP contribution in [0.25, 0.3) is 11.1 Å². The standard InChI is InChI=1S/C39H37N5O7S/c45-21-25-10-12-28(13-11-25)34-18-31(23-52-38-40-24-41-43-38)50-37(51-34)29-16-14-27(15-17-29)32-9-5-4-8-30(32)20-44-35(46)19-33(36(44)47)42-39(48)49-22-26-6-2-1-3-7-26/h1-17,24,31,33-34,37,45H,18-23H2,(H,42,48)(H,40,41,43)/t31-,33?,34+,37+/m1/s1. The number of carbonyl (C=O) groups is 3. The molecule has 4 aromatic carbocycles. The lowest BCUT2D eigenvalue weighted by atomic mass is 9.97. The van der Waals surface area contributed by atoms with Crippen molar-refractivity contribution in [1.82, 2.24) is 25.4 Å². The van der Waals surface area contributed by atoms with Gasteiger partial charge >= 0.3 is 6.09 Å². The number of thioether (sulfide) groups is 1. The van der Waals surface area contributed by atoms with Gasteiger partial charge in [0, 0.05) is 17.7 Å². The van der Waals surface area contributed by atoms with Gasteiger partial charge in [-0.15, -0.1) is 0 Å². The molecule has 1 unspecified atom stereocenters. The lowest BCUT2D eigenvalue weighted by molar-refractivity contribution is -0.245. The topological polar surface area (TPSA) is 156 Å². The number of likely N-dealkylation sites (tertiary alicyclic amines) is 1.